The molecule has 2 rings (SSSR count). The van der Waals surface area contributed by atoms with Gasteiger partial charge in [-0.25, -0.2) is 14.4 Å². The van der Waals surface area contributed by atoms with Crippen LogP contribution in [0.25, 0.3) is 10.9 Å². The smallest absolute Gasteiger partial charge is 0.145 e. The quantitative estimate of drug-likeness (QED) is 0.693. The first kappa shape index (κ1) is 8.87. The number of benzene rings is 1. The zero-order valence-corrected chi connectivity index (χ0v) is 7.91. The molecule has 1 aromatic heterocycles. The maximum Gasteiger partial charge on any atom is 0.145 e. The van der Waals surface area contributed by atoms with E-state index in [2.05, 4.69) is 9.97 Å². The van der Waals surface area contributed by atoms with Crippen molar-refractivity contribution in [2.45, 2.75) is 6.92 Å². The van der Waals surface area contributed by atoms with Crippen LogP contribution in [0.3, 0.4) is 0 Å². The Morgan fingerprint density at radius 1 is 1.29 bits per heavy atom. The lowest BCUT2D eigenvalue weighted by Crippen LogP contribution is -1.94. The second kappa shape index (κ2) is 3.21. The fourth-order valence-corrected chi connectivity index (χ4v) is 1.42. The van der Waals surface area contributed by atoms with Crippen LogP contribution in [0, 0.1) is 12.7 Å². The monoisotopic (exact) mass is 192 g/mol. The summed E-state index contributed by atoms with van der Waals surface area (Å²) in [7, 11) is 1.53. The Bertz CT molecular complexity index is 477. The minimum absolute atomic E-state index is 0.320. The third kappa shape index (κ3) is 1.19. The number of fused-ring (bicyclic) bond motifs is 1. The summed E-state index contributed by atoms with van der Waals surface area (Å²) in [5.74, 6) is 0.241. The lowest BCUT2D eigenvalue weighted by Gasteiger charge is -2.06. The Morgan fingerprint density at radius 2 is 2.07 bits per heavy atom. The molecule has 0 bridgehead atoms. The number of aryl methyl sites for hydroxylation is 1. The van der Waals surface area contributed by atoms with Gasteiger partial charge in [0.15, 0.2) is 0 Å². The molecule has 0 unspecified atom stereocenters. The molecule has 0 saturated carbocycles. The van der Waals surface area contributed by atoms with Crippen molar-refractivity contribution in [3.05, 3.63) is 30.0 Å². The normalized spacial score (nSPS) is 10.5. The van der Waals surface area contributed by atoms with E-state index >= 15 is 0 Å². The van der Waals surface area contributed by atoms with Crippen molar-refractivity contribution < 1.29 is 9.13 Å². The summed E-state index contributed by atoms with van der Waals surface area (Å²) >= 11 is 0. The molecule has 0 aliphatic carbocycles. The van der Waals surface area contributed by atoms with Crippen molar-refractivity contribution in [1.82, 2.24) is 9.97 Å². The first-order chi connectivity index (χ1) is 6.74. The maximum atomic E-state index is 13.4. The Kier molecular flexibility index (Phi) is 2.04. The number of hydrogen-bond acceptors (Lipinski definition) is 3. The van der Waals surface area contributed by atoms with Gasteiger partial charge in [0.2, 0.25) is 0 Å². The summed E-state index contributed by atoms with van der Waals surface area (Å²) in [5.41, 5.74) is 1.13. The van der Waals surface area contributed by atoms with Crippen molar-refractivity contribution in [1.29, 1.82) is 0 Å². The first-order valence-corrected chi connectivity index (χ1v) is 4.18. The van der Waals surface area contributed by atoms with E-state index in [9.17, 15) is 4.39 Å². The van der Waals surface area contributed by atoms with Crippen LogP contribution < -0.4 is 4.74 Å². The predicted molar refractivity (Wildman–Crippen MR) is 50.8 cm³/mol. The van der Waals surface area contributed by atoms with Gasteiger partial charge in [-0.2, -0.15) is 0 Å². The van der Waals surface area contributed by atoms with Gasteiger partial charge in [-0.05, 0) is 19.1 Å². The van der Waals surface area contributed by atoms with Gasteiger partial charge in [-0.3, -0.25) is 0 Å². The summed E-state index contributed by atoms with van der Waals surface area (Å²) in [4.78, 5) is 7.93. The Balaban J connectivity index is 2.91. The molecule has 0 N–H and O–H groups in total. The lowest BCUT2D eigenvalue weighted by atomic mass is 10.2. The largest absolute Gasteiger partial charge is 0.494 e. The van der Waals surface area contributed by atoms with Gasteiger partial charge in [-0.1, -0.05) is 0 Å². The summed E-state index contributed by atoms with van der Waals surface area (Å²) in [6, 6.07) is 2.92. The highest BCUT2D eigenvalue weighted by Gasteiger charge is 2.09. The fraction of sp³-hybridized carbons (Fsp3) is 0.200. The number of ether oxygens (including phenoxy) is 1. The highest BCUT2D eigenvalue weighted by molar-refractivity contribution is 5.86. The molecule has 0 amide bonds. The van der Waals surface area contributed by atoms with Crippen LogP contribution in [0.5, 0.6) is 5.75 Å². The molecule has 0 aliphatic rings. The van der Waals surface area contributed by atoms with Crippen molar-refractivity contribution in [3.63, 3.8) is 0 Å². The highest BCUT2D eigenvalue weighted by atomic mass is 19.1. The van der Waals surface area contributed by atoms with Gasteiger partial charge < -0.3 is 4.74 Å². The molecule has 0 spiro atoms. The van der Waals surface area contributed by atoms with E-state index in [1.54, 1.807) is 13.0 Å². The average Bonchev–Trinajstić information content (AvgIpc) is 2.18. The summed E-state index contributed by atoms with van der Waals surface area (Å²) in [6.07, 6.45) is 1.40. The number of rotatable bonds is 1. The van der Waals surface area contributed by atoms with Crippen LogP contribution in [0.1, 0.15) is 5.69 Å². The van der Waals surface area contributed by atoms with Gasteiger partial charge in [0, 0.05) is 0 Å². The van der Waals surface area contributed by atoms with Gasteiger partial charge in [0.1, 0.15) is 23.4 Å². The van der Waals surface area contributed by atoms with E-state index in [1.807, 2.05) is 0 Å². The molecule has 1 heterocycles. The molecule has 2 aromatic rings. The van der Waals surface area contributed by atoms with Gasteiger partial charge in [0.05, 0.1) is 18.2 Å². The molecule has 0 atom stereocenters. The number of nitrogens with zero attached hydrogens (tertiary/aromatic N) is 2. The molecule has 0 saturated heterocycles. The minimum Gasteiger partial charge on any atom is -0.494 e. The number of halogens is 1. The van der Waals surface area contributed by atoms with Gasteiger partial charge in [0.25, 0.3) is 0 Å². The molecule has 1 aromatic carbocycles. The van der Waals surface area contributed by atoms with E-state index in [4.69, 9.17) is 4.74 Å². The van der Waals surface area contributed by atoms with Crippen LogP contribution >= 0.6 is 0 Å². The zero-order chi connectivity index (χ0) is 10.1. The van der Waals surface area contributed by atoms with Crippen LogP contribution in [0.15, 0.2) is 18.5 Å². The predicted octanol–water partition coefficient (Wildman–Crippen LogP) is 2.09. The summed E-state index contributed by atoms with van der Waals surface area (Å²) in [6.45, 7) is 1.74. The van der Waals surface area contributed by atoms with Crippen LogP contribution in [-0.2, 0) is 0 Å². The molecule has 72 valence electrons. The van der Waals surface area contributed by atoms with E-state index in [0.717, 1.165) is 0 Å². The summed E-state index contributed by atoms with van der Waals surface area (Å²) in [5, 5.41) is 0.423. The molecule has 0 radical (unpaired) electrons. The Hall–Kier alpha value is -1.71. The number of methoxy groups -OCH3 is 1. The van der Waals surface area contributed by atoms with Crippen molar-refractivity contribution in [3.8, 4) is 5.75 Å². The molecular formula is C10H9FN2O. The third-order valence-corrected chi connectivity index (χ3v) is 2.11. The fourth-order valence-electron chi connectivity index (χ4n) is 1.42. The topological polar surface area (TPSA) is 35.0 Å². The SMILES string of the molecule is COc1ccc(F)c2c(C)ncnc12. The summed E-state index contributed by atoms with van der Waals surface area (Å²) < 4.78 is 18.5. The van der Waals surface area contributed by atoms with Crippen molar-refractivity contribution >= 4 is 10.9 Å². The number of hydrogen-bond donors (Lipinski definition) is 0. The minimum atomic E-state index is -0.320. The molecule has 0 aliphatic heterocycles. The van der Waals surface area contributed by atoms with E-state index in [-0.39, 0.29) is 5.82 Å². The first-order valence-electron chi connectivity index (χ1n) is 4.18. The maximum absolute atomic E-state index is 13.4. The van der Waals surface area contributed by atoms with E-state index < -0.39 is 0 Å². The van der Waals surface area contributed by atoms with Crippen LogP contribution in [0.2, 0.25) is 0 Å². The Morgan fingerprint density at radius 3 is 2.79 bits per heavy atom. The third-order valence-electron chi connectivity index (χ3n) is 2.11. The zero-order valence-electron chi connectivity index (χ0n) is 7.91. The molecule has 14 heavy (non-hydrogen) atoms. The number of aromatic nitrogens is 2. The van der Waals surface area contributed by atoms with Crippen LogP contribution in [0.4, 0.5) is 4.39 Å². The van der Waals surface area contributed by atoms with Gasteiger partial charge >= 0.3 is 0 Å². The lowest BCUT2D eigenvalue weighted by molar-refractivity contribution is 0.418. The second-order valence-electron chi connectivity index (χ2n) is 2.93. The molecular weight excluding hydrogens is 183 g/mol. The molecule has 4 heteroatoms. The Labute approximate surface area is 80.6 Å². The van der Waals surface area contributed by atoms with Crippen molar-refractivity contribution in [2.24, 2.45) is 0 Å². The molecule has 3 nitrogen and oxygen atoms in total. The highest BCUT2D eigenvalue weighted by Crippen LogP contribution is 2.26. The van der Waals surface area contributed by atoms with Crippen molar-refractivity contribution in [2.75, 3.05) is 7.11 Å². The van der Waals surface area contributed by atoms with E-state index in [0.29, 0.717) is 22.3 Å². The second-order valence-corrected chi connectivity index (χ2v) is 2.93. The van der Waals surface area contributed by atoms with Crippen LogP contribution in [-0.4, -0.2) is 17.1 Å². The standard InChI is InChI=1S/C10H9FN2O/c1-6-9-7(11)3-4-8(14-2)10(9)13-5-12-6/h3-5H,1-2H3. The molecule has 0 fully saturated rings. The van der Waals surface area contributed by atoms with E-state index in [1.165, 1.54) is 19.5 Å². The average molecular weight is 192 g/mol. The van der Waals surface area contributed by atoms with Gasteiger partial charge in [-0.15, -0.1) is 0 Å².